The highest BCUT2D eigenvalue weighted by Gasteiger charge is 2.16. The van der Waals surface area contributed by atoms with E-state index in [1.807, 2.05) is 23.9 Å². The monoisotopic (exact) mass is 529 g/mol. The van der Waals surface area contributed by atoms with Crippen molar-refractivity contribution in [1.82, 2.24) is 14.9 Å². The number of ether oxygens (including phenoxy) is 1. The van der Waals surface area contributed by atoms with Crippen LogP contribution in [0.2, 0.25) is 0 Å². The molecule has 0 aliphatic carbocycles. The summed E-state index contributed by atoms with van der Waals surface area (Å²) in [6.07, 6.45) is 0.741. The molecule has 0 bridgehead atoms. The van der Waals surface area contributed by atoms with E-state index in [1.54, 1.807) is 12.1 Å². The topological polar surface area (TPSA) is 106 Å². The zero-order valence-corrected chi connectivity index (χ0v) is 21.5. The molecule has 0 radical (unpaired) electrons. The summed E-state index contributed by atoms with van der Waals surface area (Å²) in [6.45, 7) is 3.31. The Labute approximate surface area is 224 Å². The number of thioether (sulfide) groups is 1. The van der Waals surface area contributed by atoms with Crippen LogP contribution in [-0.2, 0) is 13.0 Å². The van der Waals surface area contributed by atoms with Gasteiger partial charge in [-0.3, -0.25) is 9.69 Å². The SMILES string of the molecule is O=C(O)Oc1cccc(-c2cnc(C(=O)CCc3ccc(-c4ccc(CN5CCSCC5)cc4)cc3)o2)n1. The number of aryl methyl sites for hydroxylation is 1. The van der Waals surface area contributed by atoms with Gasteiger partial charge in [-0.1, -0.05) is 54.6 Å². The summed E-state index contributed by atoms with van der Waals surface area (Å²) < 4.78 is 10.1. The normalized spacial score (nSPS) is 13.8. The molecule has 1 fully saturated rings. The van der Waals surface area contributed by atoms with E-state index in [0.29, 0.717) is 12.1 Å². The molecule has 38 heavy (non-hydrogen) atoms. The maximum absolute atomic E-state index is 12.7. The number of carbonyl (C=O) groups excluding carboxylic acids is 1. The maximum Gasteiger partial charge on any atom is 0.512 e. The summed E-state index contributed by atoms with van der Waals surface area (Å²) in [4.78, 5) is 34.0. The molecule has 2 aromatic carbocycles. The quantitative estimate of drug-likeness (QED) is 0.212. The van der Waals surface area contributed by atoms with Crippen LogP contribution in [0.25, 0.3) is 22.6 Å². The molecule has 1 N–H and O–H groups in total. The third kappa shape index (κ3) is 6.67. The van der Waals surface area contributed by atoms with E-state index in [4.69, 9.17) is 9.52 Å². The number of rotatable bonds is 9. The molecule has 8 nitrogen and oxygen atoms in total. The van der Waals surface area contributed by atoms with Crippen molar-refractivity contribution in [2.75, 3.05) is 24.6 Å². The van der Waals surface area contributed by atoms with E-state index in [2.05, 4.69) is 56.0 Å². The van der Waals surface area contributed by atoms with Gasteiger partial charge in [-0.05, 0) is 34.7 Å². The minimum atomic E-state index is -1.46. The lowest BCUT2D eigenvalue weighted by molar-refractivity contribution is 0.0950. The number of hydrogen-bond donors (Lipinski definition) is 1. The second kappa shape index (κ2) is 12.1. The van der Waals surface area contributed by atoms with Crippen LogP contribution < -0.4 is 4.74 Å². The summed E-state index contributed by atoms with van der Waals surface area (Å²) in [5.41, 5.74) is 5.02. The first-order valence-electron chi connectivity index (χ1n) is 12.4. The first kappa shape index (κ1) is 25.7. The molecule has 0 atom stereocenters. The molecular weight excluding hydrogens is 502 g/mol. The second-order valence-corrected chi connectivity index (χ2v) is 10.2. The molecule has 194 valence electrons. The molecule has 0 saturated carbocycles. The van der Waals surface area contributed by atoms with Crippen molar-refractivity contribution >= 4 is 23.7 Å². The number of Topliss-reactive ketones (excluding diaryl/α,β-unsaturated/α-hetero) is 1. The third-order valence-corrected chi connectivity index (χ3v) is 7.25. The van der Waals surface area contributed by atoms with Crippen LogP contribution in [0, 0.1) is 0 Å². The van der Waals surface area contributed by atoms with Crippen LogP contribution in [0.5, 0.6) is 5.88 Å². The number of oxazole rings is 1. The zero-order chi connectivity index (χ0) is 26.3. The number of pyridine rings is 1. The van der Waals surface area contributed by atoms with Crippen LogP contribution in [0.15, 0.2) is 77.3 Å². The lowest BCUT2D eigenvalue weighted by Gasteiger charge is -2.26. The Bertz CT molecular complexity index is 1400. The number of ketones is 1. The average molecular weight is 530 g/mol. The van der Waals surface area contributed by atoms with Gasteiger partial charge < -0.3 is 14.3 Å². The number of carboxylic acid groups (broad SMARTS) is 1. The summed E-state index contributed by atoms with van der Waals surface area (Å²) in [6, 6.07) is 21.6. The van der Waals surface area contributed by atoms with Gasteiger partial charge in [0.1, 0.15) is 5.69 Å². The lowest BCUT2D eigenvalue weighted by atomic mass is 10.0. The molecule has 0 amide bonds. The number of benzene rings is 2. The van der Waals surface area contributed by atoms with Crippen LogP contribution in [0.1, 0.15) is 28.2 Å². The first-order valence-corrected chi connectivity index (χ1v) is 13.5. The van der Waals surface area contributed by atoms with Crippen LogP contribution in [-0.4, -0.2) is 56.5 Å². The van der Waals surface area contributed by atoms with Crippen molar-refractivity contribution < 1.29 is 23.8 Å². The molecule has 1 aliphatic heterocycles. The van der Waals surface area contributed by atoms with E-state index in [-0.39, 0.29) is 29.7 Å². The minimum Gasteiger partial charge on any atom is -0.449 e. The molecule has 1 saturated heterocycles. The highest BCUT2D eigenvalue weighted by Crippen LogP contribution is 2.24. The standard InChI is InChI=1S/C29H27N3O5S/c33-25(28-30-18-26(36-28)24-2-1-3-27(31-24)37-29(34)35)13-8-20-4-9-22(10-5-20)23-11-6-21(7-12-23)19-32-14-16-38-17-15-32/h1-7,9-12,18H,8,13-17,19H2,(H,34,35). The molecule has 0 unspecified atom stereocenters. The van der Waals surface area contributed by atoms with Crippen molar-refractivity contribution in [2.24, 2.45) is 0 Å². The van der Waals surface area contributed by atoms with E-state index in [9.17, 15) is 9.59 Å². The van der Waals surface area contributed by atoms with Gasteiger partial charge in [0.05, 0.1) is 6.20 Å². The van der Waals surface area contributed by atoms with Crippen molar-refractivity contribution in [3.8, 4) is 28.5 Å². The van der Waals surface area contributed by atoms with Crippen molar-refractivity contribution in [2.45, 2.75) is 19.4 Å². The van der Waals surface area contributed by atoms with E-state index < -0.39 is 6.16 Å². The largest absolute Gasteiger partial charge is 0.512 e. The predicted molar refractivity (Wildman–Crippen MR) is 146 cm³/mol. The fourth-order valence-electron chi connectivity index (χ4n) is 4.27. The Morgan fingerprint density at radius 1 is 0.947 bits per heavy atom. The van der Waals surface area contributed by atoms with Gasteiger partial charge in [0.2, 0.25) is 11.7 Å². The average Bonchev–Trinajstić information content (AvgIpc) is 3.44. The summed E-state index contributed by atoms with van der Waals surface area (Å²) in [7, 11) is 0. The Balaban J connectivity index is 1.15. The Morgan fingerprint density at radius 3 is 2.32 bits per heavy atom. The van der Waals surface area contributed by atoms with Gasteiger partial charge in [-0.2, -0.15) is 11.8 Å². The molecular formula is C29H27N3O5S. The summed E-state index contributed by atoms with van der Waals surface area (Å²) in [5, 5.41) is 8.75. The molecule has 2 aromatic heterocycles. The van der Waals surface area contributed by atoms with E-state index in [0.717, 1.165) is 30.8 Å². The number of hydrogen-bond acceptors (Lipinski definition) is 8. The number of carbonyl (C=O) groups is 2. The fourth-order valence-corrected chi connectivity index (χ4v) is 5.25. The zero-order valence-electron chi connectivity index (χ0n) is 20.7. The van der Waals surface area contributed by atoms with Gasteiger partial charge >= 0.3 is 6.16 Å². The van der Waals surface area contributed by atoms with Gasteiger partial charge in [-0.15, -0.1) is 0 Å². The lowest BCUT2D eigenvalue weighted by Crippen LogP contribution is -2.31. The Morgan fingerprint density at radius 2 is 1.63 bits per heavy atom. The number of nitrogens with zero attached hydrogens (tertiary/aromatic N) is 3. The Kier molecular flexibility index (Phi) is 8.15. The summed E-state index contributed by atoms with van der Waals surface area (Å²) >= 11 is 2.03. The Hall–Kier alpha value is -3.95. The number of aromatic nitrogens is 2. The predicted octanol–water partition coefficient (Wildman–Crippen LogP) is 5.82. The van der Waals surface area contributed by atoms with Crippen molar-refractivity contribution in [3.63, 3.8) is 0 Å². The second-order valence-electron chi connectivity index (χ2n) is 8.96. The van der Waals surface area contributed by atoms with Crippen LogP contribution in [0.4, 0.5) is 4.79 Å². The molecule has 0 spiro atoms. The maximum atomic E-state index is 12.7. The van der Waals surface area contributed by atoms with E-state index >= 15 is 0 Å². The summed E-state index contributed by atoms with van der Waals surface area (Å²) in [5.74, 6) is 2.37. The smallest absolute Gasteiger partial charge is 0.449 e. The third-order valence-electron chi connectivity index (χ3n) is 6.30. The molecule has 3 heterocycles. The van der Waals surface area contributed by atoms with E-state index in [1.165, 1.54) is 34.9 Å². The van der Waals surface area contributed by atoms with Gasteiger partial charge in [0.25, 0.3) is 5.89 Å². The fraction of sp³-hybridized carbons (Fsp3) is 0.241. The highest BCUT2D eigenvalue weighted by atomic mass is 32.2. The van der Waals surface area contributed by atoms with Gasteiger partial charge in [-0.25, -0.2) is 14.8 Å². The van der Waals surface area contributed by atoms with Crippen LogP contribution in [0.3, 0.4) is 0 Å². The first-order chi connectivity index (χ1) is 18.5. The van der Waals surface area contributed by atoms with Crippen molar-refractivity contribution in [3.05, 3.63) is 89.9 Å². The van der Waals surface area contributed by atoms with Gasteiger partial charge in [0.15, 0.2) is 5.76 Å². The molecule has 5 rings (SSSR count). The highest BCUT2D eigenvalue weighted by molar-refractivity contribution is 7.99. The van der Waals surface area contributed by atoms with Crippen LogP contribution >= 0.6 is 11.8 Å². The molecule has 4 aromatic rings. The van der Waals surface area contributed by atoms with Crippen molar-refractivity contribution in [1.29, 1.82) is 0 Å². The molecule has 1 aliphatic rings. The minimum absolute atomic E-state index is 0.00799. The van der Waals surface area contributed by atoms with Gasteiger partial charge in [0, 0.05) is 43.6 Å². The molecule has 9 heteroatoms.